The van der Waals surface area contributed by atoms with E-state index in [1.54, 1.807) is 0 Å². The first-order chi connectivity index (χ1) is 12.4. The van der Waals surface area contributed by atoms with Gasteiger partial charge >= 0.3 is 0 Å². The topological polar surface area (TPSA) is 85.1 Å². The molecule has 0 aliphatic heterocycles. The third kappa shape index (κ3) is 6.41. The SMILES string of the molecule is CC(C)C[C@H](NC(=O)C1CCCCCC1)C(=O)c1nnc(SC(C)C)o1. The van der Waals surface area contributed by atoms with Crippen LogP contribution >= 0.6 is 11.8 Å². The summed E-state index contributed by atoms with van der Waals surface area (Å²) in [5.74, 6) is -0.0357. The summed E-state index contributed by atoms with van der Waals surface area (Å²) in [5, 5.41) is 11.5. The van der Waals surface area contributed by atoms with Crippen LogP contribution in [0.25, 0.3) is 0 Å². The molecule has 26 heavy (non-hydrogen) atoms. The molecule has 1 amide bonds. The molecule has 2 rings (SSSR count). The van der Waals surface area contributed by atoms with Gasteiger partial charge in [0.05, 0.1) is 6.04 Å². The number of thioether (sulfide) groups is 1. The number of nitrogens with zero attached hydrogens (tertiary/aromatic N) is 2. The zero-order valence-electron chi connectivity index (χ0n) is 16.3. The van der Waals surface area contributed by atoms with E-state index in [1.807, 2.05) is 27.7 Å². The number of nitrogens with one attached hydrogen (secondary N) is 1. The first-order valence-electron chi connectivity index (χ1n) is 9.71. The molecule has 0 unspecified atom stereocenters. The maximum Gasteiger partial charge on any atom is 0.286 e. The Kier molecular flexibility index (Phi) is 8.13. The molecule has 1 aromatic rings. The van der Waals surface area contributed by atoms with Crippen molar-refractivity contribution in [1.29, 1.82) is 0 Å². The van der Waals surface area contributed by atoms with E-state index in [-0.39, 0.29) is 29.4 Å². The van der Waals surface area contributed by atoms with Crippen molar-refractivity contribution < 1.29 is 14.0 Å². The molecule has 1 aromatic heterocycles. The molecular formula is C19H31N3O3S. The third-order valence-corrected chi connectivity index (χ3v) is 5.36. The van der Waals surface area contributed by atoms with Crippen LogP contribution in [-0.2, 0) is 4.79 Å². The van der Waals surface area contributed by atoms with Gasteiger partial charge in [-0.15, -0.1) is 10.2 Å². The van der Waals surface area contributed by atoms with Crippen molar-refractivity contribution in [2.75, 3.05) is 0 Å². The Labute approximate surface area is 160 Å². The zero-order chi connectivity index (χ0) is 19.1. The van der Waals surface area contributed by atoms with E-state index in [1.165, 1.54) is 24.6 Å². The molecule has 0 aromatic carbocycles. The molecule has 1 atom stereocenters. The van der Waals surface area contributed by atoms with Crippen LogP contribution in [0.3, 0.4) is 0 Å². The van der Waals surface area contributed by atoms with Gasteiger partial charge in [-0.25, -0.2) is 0 Å². The van der Waals surface area contributed by atoms with Crippen molar-refractivity contribution in [2.24, 2.45) is 11.8 Å². The summed E-state index contributed by atoms with van der Waals surface area (Å²) < 4.78 is 5.51. The standard InChI is InChI=1S/C19H31N3O3S/c1-12(2)11-15(20-17(24)14-9-7-5-6-8-10-14)16(23)18-21-22-19(25-18)26-13(3)4/h12-15H,5-11H2,1-4H3,(H,20,24)/t15-/m0/s1. The van der Waals surface area contributed by atoms with Gasteiger partial charge in [-0.3, -0.25) is 9.59 Å². The van der Waals surface area contributed by atoms with Gasteiger partial charge in [-0.1, -0.05) is 65.1 Å². The van der Waals surface area contributed by atoms with Crippen molar-refractivity contribution in [3.8, 4) is 0 Å². The lowest BCUT2D eigenvalue weighted by Gasteiger charge is -2.21. The maximum absolute atomic E-state index is 12.8. The monoisotopic (exact) mass is 381 g/mol. The van der Waals surface area contributed by atoms with Crippen LogP contribution in [0.2, 0.25) is 0 Å². The Bertz CT molecular complexity index is 593. The Morgan fingerprint density at radius 2 is 1.77 bits per heavy atom. The summed E-state index contributed by atoms with van der Waals surface area (Å²) >= 11 is 1.42. The second kappa shape index (κ2) is 10.1. The second-order valence-corrected chi connectivity index (χ2v) is 9.31. The quantitative estimate of drug-likeness (QED) is 0.411. The van der Waals surface area contributed by atoms with Gasteiger partial charge in [0.15, 0.2) is 0 Å². The molecule has 1 aliphatic rings. The number of carbonyl (C=O) groups is 2. The van der Waals surface area contributed by atoms with E-state index in [9.17, 15) is 9.59 Å². The van der Waals surface area contributed by atoms with Crippen LogP contribution in [0.15, 0.2) is 9.64 Å². The first kappa shape index (κ1) is 20.9. The molecule has 0 saturated heterocycles. The minimum absolute atomic E-state index is 0.00899. The van der Waals surface area contributed by atoms with Gasteiger partial charge in [0.1, 0.15) is 0 Å². The number of hydrogen-bond acceptors (Lipinski definition) is 6. The zero-order valence-corrected chi connectivity index (χ0v) is 17.1. The van der Waals surface area contributed by atoms with E-state index >= 15 is 0 Å². The Morgan fingerprint density at radius 1 is 1.12 bits per heavy atom. The van der Waals surface area contributed by atoms with Gasteiger partial charge in [0.2, 0.25) is 11.7 Å². The van der Waals surface area contributed by atoms with E-state index in [4.69, 9.17) is 4.42 Å². The van der Waals surface area contributed by atoms with E-state index in [0.717, 1.165) is 25.7 Å². The molecular weight excluding hydrogens is 350 g/mol. The van der Waals surface area contributed by atoms with Crippen LogP contribution in [-0.4, -0.2) is 33.2 Å². The Balaban J connectivity index is 2.06. The number of Topliss-reactive ketones (excluding diaryl/α,β-unsaturated/α-hetero) is 1. The smallest absolute Gasteiger partial charge is 0.286 e. The van der Waals surface area contributed by atoms with Crippen LogP contribution < -0.4 is 5.32 Å². The molecule has 1 fully saturated rings. The van der Waals surface area contributed by atoms with Crippen LogP contribution in [0.5, 0.6) is 0 Å². The summed E-state index contributed by atoms with van der Waals surface area (Å²) in [5.41, 5.74) is 0. The first-order valence-corrected chi connectivity index (χ1v) is 10.6. The number of rotatable bonds is 8. The Morgan fingerprint density at radius 3 is 2.35 bits per heavy atom. The maximum atomic E-state index is 12.8. The van der Waals surface area contributed by atoms with Crippen LogP contribution in [0, 0.1) is 11.8 Å². The average Bonchev–Trinajstić information content (AvgIpc) is 2.84. The van der Waals surface area contributed by atoms with Gasteiger partial charge in [0, 0.05) is 11.2 Å². The van der Waals surface area contributed by atoms with Crippen molar-refractivity contribution in [1.82, 2.24) is 15.5 Å². The largest absolute Gasteiger partial charge is 0.408 e. The minimum Gasteiger partial charge on any atom is -0.408 e. The Hall–Kier alpha value is -1.37. The van der Waals surface area contributed by atoms with Gasteiger partial charge in [-0.05, 0) is 25.2 Å². The number of aromatic nitrogens is 2. The minimum atomic E-state index is -0.608. The number of amides is 1. The number of ketones is 1. The van der Waals surface area contributed by atoms with E-state index < -0.39 is 6.04 Å². The molecule has 0 radical (unpaired) electrons. The average molecular weight is 382 g/mol. The fraction of sp³-hybridized carbons (Fsp3) is 0.789. The molecule has 0 spiro atoms. The summed E-state index contributed by atoms with van der Waals surface area (Å²) in [7, 11) is 0. The molecule has 1 saturated carbocycles. The highest BCUT2D eigenvalue weighted by atomic mass is 32.2. The predicted molar refractivity (Wildman–Crippen MR) is 102 cm³/mol. The van der Waals surface area contributed by atoms with Gasteiger partial charge < -0.3 is 9.73 Å². The van der Waals surface area contributed by atoms with Crippen LogP contribution in [0.4, 0.5) is 0 Å². The molecule has 1 N–H and O–H groups in total. The predicted octanol–water partition coefficient (Wildman–Crippen LogP) is 4.25. The molecule has 146 valence electrons. The lowest BCUT2D eigenvalue weighted by Crippen LogP contribution is -2.44. The van der Waals surface area contributed by atoms with E-state index in [2.05, 4.69) is 15.5 Å². The molecule has 1 aliphatic carbocycles. The van der Waals surface area contributed by atoms with Crippen LogP contribution in [0.1, 0.15) is 83.3 Å². The molecule has 0 bridgehead atoms. The van der Waals surface area contributed by atoms with Crippen molar-refractivity contribution in [3.63, 3.8) is 0 Å². The summed E-state index contributed by atoms with van der Waals surface area (Å²) in [6.45, 7) is 8.10. The lowest BCUT2D eigenvalue weighted by atomic mass is 9.96. The van der Waals surface area contributed by atoms with Gasteiger partial charge in [-0.2, -0.15) is 0 Å². The highest BCUT2D eigenvalue weighted by Crippen LogP contribution is 2.24. The van der Waals surface area contributed by atoms with Gasteiger partial charge in [0.25, 0.3) is 11.1 Å². The normalized spacial score (nSPS) is 17.3. The fourth-order valence-corrected chi connectivity index (χ4v) is 3.86. The fourth-order valence-electron chi connectivity index (χ4n) is 3.24. The number of hydrogen-bond donors (Lipinski definition) is 1. The molecule has 1 heterocycles. The molecule has 7 heteroatoms. The lowest BCUT2D eigenvalue weighted by molar-refractivity contribution is -0.126. The van der Waals surface area contributed by atoms with Crippen molar-refractivity contribution in [3.05, 3.63) is 5.89 Å². The van der Waals surface area contributed by atoms with Crippen molar-refractivity contribution >= 4 is 23.5 Å². The van der Waals surface area contributed by atoms with Crippen molar-refractivity contribution in [2.45, 2.75) is 89.2 Å². The summed E-state index contributed by atoms with van der Waals surface area (Å²) in [4.78, 5) is 25.5. The number of carbonyl (C=O) groups excluding carboxylic acids is 2. The highest BCUT2D eigenvalue weighted by Gasteiger charge is 2.30. The highest BCUT2D eigenvalue weighted by molar-refractivity contribution is 7.99. The van der Waals surface area contributed by atoms with E-state index in [0.29, 0.717) is 16.9 Å². The second-order valence-electron chi connectivity index (χ2n) is 7.78. The summed E-state index contributed by atoms with van der Waals surface area (Å²) in [6.07, 6.45) is 6.92. The summed E-state index contributed by atoms with van der Waals surface area (Å²) in [6, 6.07) is -0.608. The third-order valence-electron chi connectivity index (χ3n) is 4.52. The molecule has 6 nitrogen and oxygen atoms in total.